The summed E-state index contributed by atoms with van der Waals surface area (Å²) < 4.78 is 6.09. The van der Waals surface area contributed by atoms with Crippen molar-refractivity contribution in [2.45, 2.75) is 51.7 Å². The second-order valence-corrected chi connectivity index (χ2v) is 6.18. The average Bonchev–Trinajstić information content (AvgIpc) is 2.76. The number of nitrogens with zero attached hydrogens (tertiary/aromatic N) is 1. The first-order chi connectivity index (χ1) is 10.3. The highest BCUT2D eigenvalue weighted by Gasteiger charge is 2.24. The van der Waals surface area contributed by atoms with Gasteiger partial charge in [-0.15, -0.1) is 0 Å². The van der Waals surface area contributed by atoms with Gasteiger partial charge in [-0.25, -0.2) is 0 Å². The van der Waals surface area contributed by atoms with Crippen molar-refractivity contribution in [2.24, 2.45) is 0 Å². The van der Waals surface area contributed by atoms with Crippen LogP contribution in [0.1, 0.15) is 43.9 Å². The summed E-state index contributed by atoms with van der Waals surface area (Å²) in [5.41, 5.74) is 2.38. The van der Waals surface area contributed by atoms with E-state index in [1.807, 2.05) is 0 Å². The van der Waals surface area contributed by atoms with E-state index in [4.69, 9.17) is 4.42 Å². The van der Waals surface area contributed by atoms with Gasteiger partial charge in [0, 0.05) is 23.5 Å². The molecule has 0 bridgehead atoms. The summed E-state index contributed by atoms with van der Waals surface area (Å²) in [6.45, 7) is 5.05. The van der Waals surface area contributed by atoms with Crippen molar-refractivity contribution in [3.63, 3.8) is 0 Å². The number of fused-ring (bicyclic) bond motifs is 1. The lowest BCUT2D eigenvalue weighted by Crippen LogP contribution is -2.36. The monoisotopic (exact) mass is 286 g/mol. The van der Waals surface area contributed by atoms with Gasteiger partial charge >= 0.3 is 0 Å². The Bertz CT molecular complexity index is 586. The second-order valence-electron chi connectivity index (χ2n) is 6.18. The lowest BCUT2D eigenvalue weighted by Gasteiger charge is -2.34. The van der Waals surface area contributed by atoms with Crippen molar-refractivity contribution in [1.29, 1.82) is 0 Å². The molecule has 1 aliphatic rings. The standard InChI is InChI=1S/C18H26N2O/c1-3-11-19-12-18-16(13-20(2)14-7-6-8-14)15-9-4-5-10-17(15)21-18/h4-5,9-10,14,19H,3,6-8,11-13H2,1-2H3. The number of nitrogens with one attached hydrogen (secondary N) is 1. The summed E-state index contributed by atoms with van der Waals surface area (Å²) in [5.74, 6) is 1.11. The first-order valence-corrected chi connectivity index (χ1v) is 8.20. The fraction of sp³-hybridized carbons (Fsp3) is 0.556. The van der Waals surface area contributed by atoms with Gasteiger partial charge in [-0.2, -0.15) is 0 Å². The first kappa shape index (κ1) is 14.6. The van der Waals surface area contributed by atoms with Crippen molar-refractivity contribution < 1.29 is 4.42 Å². The number of rotatable bonds is 7. The Kier molecular flexibility index (Phi) is 4.61. The normalized spacial score (nSPS) is 15.8. The van der Waals surface area contributed by atoms with E-state index in [0.717, 1.165) is 43.4 Å². The number of hydrogen-bond donors (Lipinski definition) is 1. The van der Waals surface area contributed by atoms with E-state index >= 15 is 0 Å². The van der Waals surface area contributed by atoms with Crippen molar-refractivity contribution in [1.82, 2.24) is 10.2 Å². The lowest BCUT2D eigenvalue weighted by molar-refractivity contribution is 0.152. The van der Waals surface area contributed by atoms with Gasteiger partial charge in [0.1, 0.15) is 11.3 Å². The molecule has 2 aromatic rings. The van der Waals surface area contributed by atoms with E-state index in [0.29, 0.717) is 0 Å². The summed E-state index contributed by atoms with van der Waals surface area (Å²) in [6.07, 6.45) is 5.22. The van der Waals surface area contributed by atoms with E-state index in [1.165, 1.54) is 30.2 Å². The van der Waals surface area contributed by atoms with Crippen LogP contribution < -0.4 is 5.32 Å². The Hall–Kier alpha value is -1.32. The molecule has 1 N–H and O–H groups in total. The smallest absolute Gasteiger partial charge is 0.134 e. The molecule has 1 saturated carbocycles. The summed E-state index contributed by atoms with van der Waals surface area (Å²) in [5, 5.41) is 4.75. The van der Waals surface area contributed by atoms with E-state index in [9.17, 15) is 0 Å². The quantitative estimate of drug-likeness (QED) is 0.782. The van der Waals surface area contributed by atoms with Crippen molar-refractivity contribution in [3.05, 3.63) is 35.6 Å². The predicted molar refractivity (Wildman–Crippen MR) is 87.3 cm³/mol. The van der Waals surface area contributed by atoms with Crippen LogP contribution in [0.3, 0.4) is 0 Å². The maximum Gasteiger partial charge on any atom is 0.134 e. The lowest BCUT2D eigenvalue weighted by atomic mass is 9.91. The molecule has 1 aromatic carbocycles. The van der Waals surface area contributed by atoms with Gasteiger partial charge < -0.3 is 9.73 Å². The Morgan fingerprint density at radius 2 is 2.10 bits per heavy atom. The minimum absolute atomic E-state index is 0.759. The molecule has 1 aliphatic carbocycles. The number of benzene rings is 1. The van der Waals surface area contributed by atoms with E-state index < -0.39 is 0 Å². The molecule has 0 amide bonds. The summed E-state index contributed by atoms with van der Waals surface area (Å²) in [7, 11) is 2.24. The van der Waals surface area contributed by atoms with Crippen molar-refractivity contribution in [3.8, 4) is 0 Å². The Morgan fingerprint density at radius 3 is 2.81 bits per heavy atom. The third-order valence-corrected chi connectivity index (χ3v) is 4.60. The second kappa shape index (κ2) is 6.63. The van der Waals surface area contributed by atoms with Crippen LogP contribution in [0.15, 0.2) is 28.7 Å². The molecule has 21 heavy (non-hydrogen) atoms. The molecule has 1 heterocycles. The maximum atomic E-state index is 6.09. The zero-order chi connectivity index (χ0) is 14.7. The molecule has 0 saturated heterocycles. The molecule has 3 rings (SSSR count). The molecule has 0 spiro atoms. The van der Waals surface area contributed by atoms with Crippen LogP contribution in [0.2, 0.25) is 0 Å². The maximum absolute atomic E-state index is 6.09. The van der Waals surface area contributed by atoms with E-state index in [2.05, 4.69) is 48.5 Å². The Morgan fingerprint density at radius 1 is 1.29 bits per heavy atom. The van der Waals surface area contributed by atoms with Gasteiger partial charge in [-0.05, 0) is 38.9 Å². The van der Waals surface area contributed by atoms with Crippen LogP contribution in [-0.4, -0.2) is 24.5 Å². The fourth-order valence-corrected chi connectivity index (χ4v) is 3.05. The molecule has 1 fully saturated rings. The SMILES string of the molecule is CCCNCc1oc2ccccc2c1CN(C)C1CCC1. The molecule has 1 aromatic heterocycles. The molecule has 0 unspecified atom stereocenters. The Labute approximate surface area is 127 Å². The number of furan rings is 1. The molecule has 0 radical (unpaired) electrons. The third kappa shape index (κ3) is 3.14. The van der Waals surface area contributed by atoms with Crippen molar-refractivity contribution >= 4 is 11.0 Å². The molecule has 3 nitrogen and oxygen atoms in total. The largest absolute Gasteiger partial charge is 0.459 e. The van der Waals surface area contributed by atoms with Crippen LogP contribution >= 0.6 is 0 Å². The van der Waals surface area contributed by atoms with Gasteiger partial charge in [0.05, 0.1) is 6.54 Å². The minimum atomic E-state index is 0.759. The van der Waals surface area contributed by atoms with Crippen LogP contribution in [0, 0.1) is 0 Å². The molecule has 0 aliphatic heterocycles. The van der Waals surface area contributed by atoms with Crippen molar-refractivity contribution in [2.75, 3.05) is 13.6 Å². The van der Waals surface area contributed by atoms with E-state index in [1.54, 1.807) is 0 Å². The molecule has 3 heteroatoms. The van der Waals surface area contributed by atoms with E-state index in [-0.39, 0.29) is 0 Å². The zero-order valence-corrected chi connectivity index (χ0v) is 13.2. The van der Waals surface area contributed by atoms with Crippen LogP contribution in [0.25, 0.3) is 11.0 Å². The highest BCUT2D eigenvalue weighted by atomic mass is 16.3. The van der Waals surface area contributed by atoms with Crippen LogP contribution in [-0.2, 0) is 13.1 Å². The predicted octanol–water partition coefficient (Wildman–Crippen LogP) is 3.92. The number of hydrogen-bond acceptors (Lipinski definition) is 3. The number of para-hydroxylation sites is 1. The Balaban J connectivity index is 1.83. The summed E-state index contributed by atoms with van der Waals surface area (Å²) >= 11 is 0. The highest BCUT2D eigenvalue weighted by molar-refractivity contribution is 5.82. The molecule has 0 atom stereocenters. The molecular weight excluding hydrogens is 260 g/mol. The van der Waals surface area contributed by atoms with Gasteiger partial charge in [0.15, 0.2) is 0 Å². The minimum Gasteiger partial charge on any atom is -0.459 e. The van der Waals surface area contributed by atoms with Crippen LogP contribution in [0.5, 0.6) is 0 Å². The fourth-order valence-electron chi connectivity index (χ4n) is 3.05. The average molecular weight is 286 g/mol. The summed E-state index contributed by atoms with van der Waals surface area (Å²) in [4.78, 5) is 2.49. The van der Waals surface area contributed by atoms with Gasteiger partial charge in [-0.1, -0.05) is 31.5 Å². The van der Waals surface area contributed by atoms with Gasteiger partial charge in [-0.3, -0.25) is 4.90 Å². The van der Waals surface area contributed by atoms with Gasteiger partial charge in [0.2, 0.25) is 0 Å². The third-order valence-electron chi connectivity index (χ3n) is 4.60. The molecule has 114 valence electrons. The van der Waals surface area contributed by atoms with Crippen LogP contribution in [0.4, 0.5) is 0 Å². The zero-order valence-electron chi connectivity index (χ0n) is 13.2. The summed E-state index contributed by atoms with van der Waals surface area (Å²) in [6, 6.07) is 9.18. The van der Waals surface area contributed by atoms with Gasteiger partial charge in [0.25, 0.3) is 0 Å². The molecular formula is C18H26N2O. The first-order valence-electron chi connectivity index (χ1n) is 8.20. The highest BCUT2D eigenvalue weighted by Crippen LogP contribution is 2.30. The topological polar surface area (TPSA) is 28.4 Å².